The van der Waals surface area contributed by atoms with E-state index in [4.69, 9.17) is 9.26 Å². The topological polar surface area (TPSA) is 60.2 Å². The third-order valence-corrected chi connectivity index (χ3v) is 3.40. The van der Waals surface area contributed by atoms with Crippen LogP contribution in [0.15, 0.2) is 4.52 Å². The van der Waals surface area contributed by atoms with E-state index in [0.29, 0.717) is 18.3 Å². The van der Waals surface area contributed by atoms with Crippen molar-refractivity contribution in [1.29, 1.82) is 0 Å². The highest BCUT2D eigenvalue weighted by atomic mass is 16.5. The second-order valence-electron chi connectivity index (χ2n) is 4.96. The number of hydrogen-bond acceptors (Lipinski definition) is 5. The Morgan fingerprint density at radius 1 is 1.28 bits per heavy atom. The van der Waals surface area contributed by atoms with E-state index in [2.05, 4.69) is 15.5 Å². The Hall–Kier alpha value is -0.940. The zero-order valence-electron chi connectivity index (χ0n) is 11.2. The number of aromatic nitrogens is 2. The number of nitrogens with one attached hydrogen (secondary N) is 1. The zero-order chi connectivity index (χ0) is 12.6. The number of unbranched alkanes of at least 4 members (excludes halogenated alkanes) is 1. The summed E-state index contributed by atoms with van der Waals surface area (Å²) in [5.41, 5.74) is 0. The van der Waals surface area contributed by atoms with Gasteiger partial charge >= 0.3 is 0 Å². The number of hydrogen-bond donors (Lipinski definition) is 1. The van der Waals surface area contributed by atoms with Crippen LogP contribution in [-0.2, 0) is 11.3 Å². The van der Waals surface area contributed by atoms with Gasteiger partial charge in [0.2, 0.25) is 5.89 Å². The Labute approximate surface area is 108 Å². The van der Waals surface area contributed by atoms with Gasteiger partial charge in [0.25, 0.3) is 0 Å². The molecular weight excluding hydrogens is 230 g/mol. The fourth-order valence-electron chi connectivity index (χ4n) is 2.33. The molecule has 5 heteroatoms. The number of ether oxygens (including phenoxy) is 1. The van der Waals surface area contributed by atoms with Crippen molar-refractivity contribution in [2.24, 2.45) is 5.92 Å². The second-order valence-corrected chi connectivity index (χ2v) is 4.96. The Bertz CT molecular complexity index is 335. The lowest BCUT2D eigenvalue weighted by Crippen LogP contribution is -2.17. The lowest BCUT2D eigenvalue weighted by Gasteiger charge is -2.21. The minimum absolute atomic E-state index is 0.678. The lowest BCUT2D eigenvalue weighted by molar-refractivity contribution is 0.0631. The minimum atomic E-state index is 0.678. The maximum Gasteiger partial charge on any atom is 0.240 e. The molecule has 1 fully saturated rings. The summed E-state index contributed by atoms with van der Waals surface area (Å²) < 4.78 is 10.4. The maximum atomic E-state index is 5.36. The van der Waals surface area contributed by atoms with Crippen molar-refractivity contribution in [3.63, 3.8) is 0 Å². The van der Waals surface area contributed by atoms with Gasteiger partial charge < -0.3 is 14.6 Å². The number of rotatable bonds is 7. The molecule has 1 aromatic heterocycles. The summed E-state index contributed by atoms with van der Waals surface area (Å²) in [5, 5.41) is 7.09. The van der Waals surface area contributed by atoms with Crippen molar-refractivity contribution in [2.75, 3.05) is 19.8 Å². The first-order chi connectivity index (χ1) is 8.84. The first kappa shape index (κ1) is 13.5. The molecule has 0 amide bonds. The van der Waals surface area contributed by atoms with Crippen molar-refractivity contribution >= 4 is 0 Å². The molecule has 0 unspecified atom stereocenters. The molecule has 2 heterocycles. The van der Waals surface area contributed by atoms with Crippen LogP contribution in [0.5, 0.6) is 0 Å². The zero-order valence-corrected chi connectivity index (χ0v) is 11.2. The summed E-state index contributed by atoms with van der Waals surface area (Å²) in [4.78, 5) is 4.15. The molecule has 1 N–H and O–H groups in total. The number of aryl methyl sites for hydroxylation is 1. The van der Waals surface area contributed by atoms with Crippen LogP contribution in [0.25, 0.3) is 0 Å². The molecule has 0 atom stereocenters. The van der Waals surface area contributed by atoms with Gasteiger partial charge in [-0.3, -0.25) is 0 Å². The van der Waals surface area contributed by atoms with E-state index >= 15 is 0 Å². The predicted octanol–water partition coefficient (Wildman–Crippen LogP) is 2.06. The van der Waals surface area contributed by atoms with Crippen LogP contribution in [0.1, 0.15) is 43.8 Å². The molecular formula is C13H23N3O2. The molecule has 1 saturated heterocycles. The standard InChI is InChI=1S/C13H23N3O2/c1-11-15-13(18-16-11)10-14-7-3-2-4-12-5-8-17-9-6-12/h12,14H,2-10H2,1H3. The highest BCUT2D eigenvalue weighted by molar-refractivity contribution is 4.81. The fourth-order valence-corrected chi connectivity index (χ4v) is 2.33. The van der Waals surface area contributed by atoms with Crippen LogP contribution < -0.4 is 5.32 Å². The van der Waals surface area contributed by atoms with E-state index in [1.165, 1.54) is 32.1 Å². The van der Waals surface area contributed by atoms with Gasteiger partial charge in [0, 0.05) is 13.2 Å². The van der Waals surface area contributed by atoms with Crippen LogP contribution in [-0.4, -0.2) is 29.9 Å². The highest BCUT2D eigenvalue weighted by Crippen LogP contribution is 2.20. The Morgan fingerprint density at radius 2 is 2.11 bits per heavy atom. The van der Waals surface area contributed by atoms with E-state index in [0.717, 1.165) is 25.7 Å². The van der Waals surface area contributed by atoms with E-state index < -0.39 is 0 Å². The smallest absolute Gasteiger partial charge is 0.240 e. The van der Waals surface area contributed by atoms with Crippen LogP contribution in [0, 0.1) is 12.8 Å². The molecule has 0 aliphatic carbocycles. The van der Waals surface area contributed by atoms with Gasteiger partial charge in [-0.05, 0) is 38.6 Å². The minimum Gasteiger partial charge on any atom is -0.381 e. The molecule has 0 radical (unpaired) electrons. The number of nitrogens with zero attached hydrogens (tertiary/aromatic N) is 2. The predicted molar refractivity (Wildman–Crippen MR) is 68.1 cm³/mol. The molecule has 0 spiro atoms. The average Bonchev–Trinajstić information content (AvgIpc) is 2.81. The van der Waals surface area contributed by atoms with Crippen molar-refractivity contribution < 1.29 is 9.26 Å². The lowest BCUT2D eigenvalue weighted by atomic mass is 9.94. The van der Waals surface area contributed by atoms with E-state index in [-0.39, 0.29) is 0 Å². The first-order valence-electron chi connectivity index (χ1n) is 6.92. The SMILES string of the molecule is Cc1noc(CNCCCCC2CCOCC2)n1. The van der Waals surface area contributed by atoms with E-state index in [1.54, 1.807) is 0 Å². The van der Waals surface area contributed by atoms with Crippen LogP contribution >= 0.6 is 0 Å². The highest BCUT2D eigenvalue weighted by Gasteiger charge is 2.12. The van der Waals surface area contributed by atoms with Crippen LogP contribution in [0.3, 0.4) is 0 Å². The summed E-state index contributed by atoms with van der Waals surface area (Å²) in [6.07, 6.45) is 6.33. The molecule has 0 saturated carbocycles. The molecule has 2 rings (SSSR count). The van der Waals surface area contributed by atoms with Gasteiger partial charge in [0.15, 0.2) is 5.82 Å². The first-order valence-corrected chi connectivity index (χ1v) is 6.92. The van der Waals surface area contributed by atoms with Gasteiger partial charge in [-0.25, -0.2) is 0 Å². The maximum absolute atomic E-state index is 5.36. The third-order valence-electron chi connectivity index (χ3n) is 3.40. The van der Waals surface area contributed by atoms with Gasteiger partial charge in [-0.1, -0.05) is 18.0 Å². The van der Waals surface area contributed by atoms with Crippen molar-refractivity contribution in [2.45, 2.75) is 45.6 Å². The molecule has 1 aliphatic rings. The molecule has 102 valence electrons. The second kappa shape index (κ2) is 7.48. The average molecular weight is 253 g/mol. The van der Waals surface area contributed by atoms with Crippen molar-refractivity contribution in [3.8, 4) is 0 Å². The monoisotopic (exact) mass is 253 g/mol. The summed E-state index contributed by atoms with van der Waals surface area (Å²) in [5.74, 6) is 2.26. The van der Waals surface area contributed by atoms with Gasteiger partial charge in [-0.15, -0.1) is 0 Å². The van der Waals surface area contributed by atoms with E-state index in [1.807, 2.05) is 6.92 Å². The molecule has 1 aliphatic heterocycles. The van der Waals surface area contributed by atoms with E-state index in [9.17, 15) is 0 Å². The summed E-state index contributed by atoms with van der Waals surface area (Å²) in [6.45, 7) is 5.45. The Kier molecular flexibility index (Phi) is 5.61. The van der Waals surface area contributed by atoms with Crippen molar-refractivity contribution in [1.82, 2.24) is 15.5 Å². The largest absolute Gasteiger partial charge is 0.381 e. The molecule has 0 bridgehead atoms. The Morgan fingerprint density at radius 3 is 2.83 bits per heavy atom. The summed E-state index contributed by atoms with van der Waals surface area (Å²) in [6, 6.07) is 0. The quantitative estimate of drug-likeness (QED) is 0.754. The summed E-state index contributed by atoms with van der Waals surface area (Å²) in [7, 11) is 0. The molecule has 18 heavy (non-hydrogen) atoms. The third kappa shape index (κ3) is 4.74. The molecule has 5 nitrogen and oxygen atoms in total. The van der Waals surface area contributed by atoms with Crippen LogP contribution in [0.2, 0.25) is 0 Å². The normalized spacial score (nSPS) is 17.2. The van der Waals surface area contributed by atoms with Gasteiger partial charge in [0.05, 0.1) is 6.54 Å². The van der Waals surface area contributed by atoms with Gasteiger partial charge in [-0.2, -0.15) is 4.98 Å². The summed E-state index contributed by atoms with van der Waals surface area (Å²) >= 11 is 0. The molecule has 1 aromatic rings. The fraction of sp³-hybridized carbons (Fsp3) is 0.846. The Balaban J connectivity index is 1.46. The molecule has 0 aromatic carbocycles. The van der Waals surface area contributed by atoms with Gasteiger partial charge in [0.1, 0.15) is 0 Å². The van der Waals surface area contributed by atoms with Crippen LogP contribution in [0.4, 0.5) is 0 Å². The van der Waals surface area contributed by atoms with Crippen molar-refractivity contribution in [3.05, 3.63) is 11.7 Å².